The fraction of sp³-hybridized carbons (Fsp3) is 0.333. The molecule has 2 N–H and O–H groups in total. The highest BCUT2D eigenvalue weighted by Gasteiger charge is 2.33. The van der Waals surface area contributed by atoms with E-state index in [-0.39, 0.29) is 23.7 Å². The van der Waals surface area contributed by atoms with Gasteiger partial charge in [0.1, 0.15) is 11.6 Å². The maximum absolute atomic E-state index is 13.4. The molecular weight excluding hydrogens is 265 g/mol. The summed E-state index contributed by atoms with van der Waals surface area (Å²) >= 11 is 0. The number of phenolic OH excluding ortho intramolecular Hbond substituents is 1. The molecule has 0 bridgehead atoms. The van der Waals surface area contributed by atoms with Crippen LogP contribution in [0.4, 0.5) is 4.39 Å². The summed E-state index contributed by atoms with van der Waals surface area (Å²) in [5.41, 5.74) is 1.86. The van der Waals surface area contributed by atoms with Gasteiger partial charge in [0.2, 0.25) is 0 Å². The van der Waals surface area contributed by atoms with Crippen LogP contribution in [0.25, 0.3) is 0 Å². The van der Waals surface area contributed by atoms with Gasteiger partial charge in [-0.25, -0.2) is 4.39 Å². The lowest BCUT2D eigenvalue weighted by Gasteiger charge is -2.24. The van der Waals surface area contributed by atoms with Crippen molar-refractivity contribution >= 4 is 0 Å². The molecule has 1 aliphatic rings. The Bertz CT molecular complexity index is 610. The van der Waals surface area contributed by atoms with Gasteiger partial charge in [-0.15, -0.1) is 0 Å². The minimum absolute atomic E-state index is 0.105. The Morgan fingerprint density at radius 3 is 2.52 bits per heavy atom. The molecular formula is C18H20FNO. The molecule has 1 aliphatic carbocycles. The van der Waals surface area contributed by atoms with Crippen LogP contribution in [-0.4, -0.2) is 5.11 Å². The number of phenols is 1. The van der Waals surface area contributed by atoms with Gasteiger partial charge in [-0.2, -0.15) is 0 Å². The summed E-state index contributed by atoms with van der Waals surface area (Å²) in [7, 11) is 0. The summed E-state index contributed by atoms with van der Waals surface area (Å²) in [6.07, 6.45) is 2.43. The van der Waals surface area contributed by atoms with Gasteiger partial charge in [0.05, 0.1) is 0 Å². The molecule has 0 heterocycles. The molecule has 1 saturated carbocycles. The molecule has 0 amide bonds. The molecule has 0 aliphatic heterocycles. The highest BCUT2D eigenvalue weighted by molar-refractivity contribution is 5.35. The second-order valence-corrected chi connectivity index (χ2v) is 5.82. The van der Waals surface area contributed by atoms with Crippen LogP contribution in [0.3, 0.4) is 0 Å². The van der Waals surface area contributed by atoms with Gasteiger partial charge in [-0.1, -0.05) is 30.3 Å². The molecule has 3 rings (SSSR count). The molecule has 2 aromatic rings. The average Bonchev–Trinajstić information content (AvgIpc) is 3.32. The fourth-order valence-corrected chi connectivity index (χ4v) is 2.83. The maximum atomic E-state index is 13.4. The first-order valence-corrected chi connectivity index (χ1v) is 7.44. The van der Waals surface area contributed by atoms with E-state index in [1.165, 1.54) is 36.6 Å². The highest BCUT2D eigenvalue weighted by Crippen LogP contribution is 2.42. The SMILES string of the molecule is CC(NC(c1ccccc1)C1CC1)c1cc(F)ccc1O. The Hall–Kier alpha value is -1.87. The van der Waals surface area contributed by atoms with Gasteiger partial charge in [0.15, 0.2) is 0 Å². The third-order valence-corrected chi connectivity index (χ3v) is 4.14. The summed E-state index contributed by atoms with van der Waals surface area (Å²) in [6.45, 7) is 1.97. The number of halogens is 1. The molecule has 1 fully saturated rings. The number of benzene rings is 2. The Balaban J connectivity index is 1.81. The van der Waals surface area contributed by atoms with Crippen molar-refractivity contribution in [2.45, 2.75) is 31.8 Å². The highest BCUT2D eigenvalue weighted by atomic mass is 19.1. The average molecular weight is 285 g/mol. The number of hydrogen-bond acceptors (Lipinski definition) is 2. The van der Waals surface area contributed by atoms with E-state index in [1.807, 2.05) is 25.1 Å². The summed E-state index contributed by atoms with van der Waals surface area (Å²) in [6, 6.07) is 14.6. The number of nitrogens with one attached hydrogen (secondary N) is 1. The van der Waals surface area contributed by atoms with Crippen molar-refractivity contribution in [2.75, 3.05) is 0 Å². The zero-order chi connectivity index (χ0) is 14.8. The lowest BCUT2D eigenvalue weighted by Crippen LogP contribution is -2.26. The van der Waals surface area contributed by atoms with Gasteiger partial charge in [0, 0.05) is 17.6 Å². The van der Waals surface area contributed by atoms with Crippen LogP contribution in [0.5, 0.6) is 5.75 Å². The molecule has 0 aromatic heterocycles. The quantitative estimate of drug-likeness (QED) is 0.857. The van der Waals surface area contributed by atoms with Crippen LogP contribution < -0.4 is 5.32 Å². The molecule has 0 radical (unpaired) electrons. The Labute approximate surface area is 124 Å². The van der Waals surface area contributed by atoms with Crippen LogP contribution >= 0.6 is 0 Å². The molecule has 2 aromatic carbocycles. The van der Waals surface area contributed by atoms with Gasteiger partial charge < -0.3 is 10.4 Å². The van der Waals surface area contributed by atoms with Crippen molar-refractivity contribution in [3.8, 4) is 5.75 Å². The lowest BCUT2D eigenvalue weighted by atomic mass is 9.99. The van der Waals surface area contributed by atoms with E-state index in [9.17, 15) is 9.50 Å². The second kappa shape index (κ2) is 5.86. The zero-order valence-corrected chi connectivity index (χ0v) is 12.1. The van der Waals surface area contributed by atoms with Gasteiger partial charge in [-0.05, 0) is 49.4 Å². The second-order valence-electron chi connectivity index (χ2n) is 5.82. The minimum Gasteiger partial charge on any atom is -0.508 e. The van der Waals surface area contributed by atoms with Crippen LogP contribution in [-0.2, 0) is 0 Å². The summed E-state index contributed by atoms with van der Waals surface area (Å²) in [5, 5.41) is 13.5. The lowest BCUT2D eigenvalue weighted by molar-refractivity contribution is 0.405. The Morgan fingerprint density at radius 2 is 1.86 bits per heavy atom. The van der Waals surface area contributed by atoms with Crippen LogP contribution in [0.2, 0.25) is 0 Å². The minimum atomic E-state index is -0.320. The molecule has 110 valence electrons. The van der Waals surface area contributed by atoms with Crippen molar-refractivity contribution in [3.05, 3.63) is 65.5 Å². The molecule has 21 heavy (non-hydrogen) atoms. The number of aromatic hydroxyl groups is 1. The third kappa shape index (κ3) is 3.24. The Kier molecular flexibility index (Phi) is 3.93. The van der Waals surface area contributed by atoms with E-state index in [0.29, 0.717) is 11.5 Å². The molecule has 0 spiro atoms. The predicted octanol–water partition coefficient (Wildman–Crippen LogP) is 4.33. The molecule has 3 heteroatoms. The molecule has 2 unspecified atom stereocenters. The number of hydrogen-bond donors (Lipinski definition) is 2. The molecule has 2 nitrogen and oxygen atoms in total. The van der Waals surface area contributed by atoms with Gasteiger partial charge in [-0.3, -0.25) is 0 Å². The van der Waals surface area contributed by atoms with Crippen LogP contribution in [0, 0.1) is 11.7 Å². The standard InChI is InChI=1S/C18H20FNO/c1-12(16-11-15(19)9-10-17(16)21)20-18(14-7-8-14)13-5-3-2-4-6-13/h2-6,9-12,14,18,20-21H,7-8H2,1H3. The summed E-state index contributed by atoms with van der Waals surface area (Å²) in [5.74, 6) is 0.448. The smallest absolute Gasteiger partial charge is 0.123 e. The molecule has 2 atom stereocenters. The summed E-state index contributed by atoms with van der Waals surface area (Å²) in [4.78, 5) is 0. The van der Waals surface area contributed by atoms with Crippen molar-refractivity contribution < 1.29 is 9.50 Å². The molecule has 0 saturated heterocycles. The first-order chi connectivity index (χ1) is 10.1. The van der Waals surface area contributed by atoms with E-state index in [1.54, 1.807) is 0 Å². The third-order valence-electron chi connectivity index (χ3n) is 4.14. The van der Waals surface area contributed by atoms with Crippen molar-refractivity contribution in [1.29, 1.82) is 0 Å². The first-order valence-electron chi connectivity index (χ1n) is 7.44. The van der Waals surface area contributed by atoms with E-state index in [0.717, 1.165) is 0 Å². The number of rotatable bonds is 5. The first kappa shape index (κ1) is 14.1. The van der Waals surface area contributed by atoms with Crippen molar-refractivity contribution in [2.24, 2.45) is 5.92 Å². The van der Waals surface area contributed by atoms with E-state index in [4.69, 9.17) is 0 Å². The normalized spacial score (nSPS) is 17.4. The largest absolute Gasteiger partial charge is 0.508 e. The van der Waals surface area contributed by atoms with E-state index < -0.39 is 0 Å². The van der Waals surface area contributed by atoms with Gasteiger partial charge >= 0.3 is 0 Å². The predicted molar refractivity (Wildman–Crippen MR) is 81.5 cm³/mol. The Morgan fingerprint density at radius 1 is 1.14 bits per heavy atom. The fourth-order valence-electron chi connectivity index (χ4n) is 2.83. The topological polar surface area (TPSA) is 32.3 Å². The van der Waals surface area contributed by atoms with Crippen LogP contribution in [0.15, 0.2) is 48.5 Å². The van der Waals surface area contributed by atoms with Gasteiger partial charge in [0.25, 0.3) is 0 Å². The van der Waals surface area contributed by atoms with Crippen molar-refractivity contribution in [1.82, 2.24) is 5.32 Å². The van der Waals surface area contributed by atoms with Crippen LogP contribution in [0.1, 0.15) is 43.0 Å². The monoisotopic (exact) mass is 285 g/mol. The van der Waals surface area contributed by atoms with E-state index >= 15 is 0 Å². The van der Waals surface area contributed by atoms with Crippen molar-refractivity contribution in [3.63, 3.8) is 0 Å². The zero-order valence-electron chi connectivity index (χ0n) is 12.1. The summed E-state index contributed by atoms with van der Waals surface area (Å²) < 4.78 is 13.4. The van der Waals surface area contributed by atoms with E-state index in [2.05, 4.69) is 17.4 Å². The maximum Gasteiger partial charge on any atom is 0.123 e.